The molecule has 1 aromatic carbocycles. The van der Waals surface area contributed by atoms with Crippen LogP contribution in [0, 0.1) is 29.6 Å². The first kappa shape index (κ1) is 71.2. The second-order valence-corrected chi connectivity index (χ2v) is 29.5. The summed E-state index contributed by atoms with van der Waals surface area (Å²) in [5, 5.41) is 24.0. The molecule has 7 aliphatic rings. The van der Waals surface area contributed by atoms with E-state index in [-0.39, 0.29) is 40.6 Å². The Hall–Kier alpha value is -3.64. The molecule has 1 spiro atoms. The van der Waals surface area contributed by atoms with E-state index in [2.05, 4.69) is 138 Å². The van der Waals surface area contributed by atoms with Crippen molar-refractivity contribution in [2.75, 3.05) is 73.0 Å². The molecule has 4 aliphatic heterocycles. The number of likely N-dealkylation sites (tertiary alicyclic amines) is 1. The van der Waals surface area contributed by atoms with E-state index in [0.29, 0.717) is 66.6 Å². The van der Waals surface area contributed by atoms with Crippen molar-refractivity contribution in [3.05, 3.63) is 82.8 Å². The third kappa shape index (κ3) is 20.2. The summed E-state index contributed by atoms with van der Waals surface area (Å²) >= 11 is 6.21. The van der Waals surface area contributed by atoms with Crippen molar-refractivity contribution in [3.8, 4) is 0 Å². The number of allylic oxidation sites excluding steroid dienone is 3. The number of hydrogen-bond donors (Lipinski definition) is 6. The number of alkyl halides is 3. The summed E-state index contributed by atoms with van der Waals surface area (Å²) < 4.78 is 41.0. The molecule has 0 aromatic heterocycles. The minimum atomic E-state index is -4.51. The highest BCUT2D eigenvalue weighted by atomic mass is 35.5. The van der Waals surface area contributed by atoms with Crippen LogP contribution in [0.15, 0.2) is 71.7 Å². The number of hydrogen-bond acceptors (Lipinski definition) is 12. The summed E-state index contributed by atoms with van der Waals surface area (Å²) in [6, 6.07) is 6.08. The van der Waals surface area contributed by atoms with E-state index in [1.165, 1.54) is 94.2 Å². The Balaban J connectivity index is 1.08. The SMILES string of the molecule is CC[C@H](C)[C@H]1CN[C@@H](CCC(C)C)C(C)NCC2[C@@H](C(=O)N3CCC3)C(C)N2[C@@H](C2CCCC2)C(C)NC2(CCCC2)CNCCNC=CC(CCc2ccc(C(F)(F)F)c(Cl)c2)=NC=CN(C)C=C(CC2CCCCC2)N(C)C=C2CCCN2[C@@H](C)CN1. The average Bonchev–Trinajstić information content (AvgIpc) is 1.19. The second kappa shape index (κ2) is 34.5. The summed E-state index contributed by atoms with van der Waals surface area (Å²) in [7, 11) is 4.31. The Morgan fingerprint density at radius 2 is 1.57 bits per heavy atom. The van der Waals surface area contributed by atoms with Gasteiger partial charge in [0, 0.05) is 169 Å². The fourth-order valence-electron chi connectivity index (χ4n) is 16.2. The van der Waals surface area contributed by atoms with Crippen molar-refractivity contribution in [2.24, 2.45) is 34.6 Å². The average molecular weight is 1260 g/mol. The maximum atomic E-state index is 14.6. The molecular weight excluding hydrogens is 1140 g/mol. The molecule has 4 heterocycles. The molecule has 4 unspecified atom stereocenters. The van der Waals surface area contributed by atoms with E-state index in [0.717, 1.165) is 134 Å². The van der Waals surface area contributed by atoms with Crippen LogP contribution in [0.5, 0.6) is 0 Å². The molecule has 13 nitrogen and oxygen atoms in total. The summed E-state index contributed by atoms with van der Waals surface area (Å²) in [5.74, 6) is 2.68. The minimum absolute atomic E-state index is 0.0142. The molecule has 1 amide bonds. The Kier molecular flexibility index (Phi) is 27.6. The van der Waals surface area contributed by atoms with E-state index >= 15 is 0 Å². The topological polar surface area (TPSA) is 118 Å². The quantitative estimate of drug-likeness (QED) is 0.120. The molecule has 3 saturated heterocycles. The van der Waals surface area contributed by atoms with Crippen molar-refractivity contribution in [3.63, 3.8) is 0 Å². The van der Waals surface area contributed by atoms with Gasteiger partial charge in [0.1, 0.15) is 0 Å². The first-order valence-electron chi connectivity index (χ1n) is 35.6. The zero-order valence-corrected chi connectivity index (χ0v) is 57.5. The van der Waals surface area contributed by atoms with E-state index in [9.17, 15) is 18.0 Å². The summed E-state index contributed by atoms with van der Waals surface area (Å²) in [6.07, 6.45) is 32.8. The molecular formula is C72H120ClF3N12O. The molecule has 0 radical (unpaired) electrons. The lowest BCUT2D eigenvalue weighted by Crippen LogP contribution is -2.76. The van der Waals surface area contributed by atoms with Gasteiger partial charge < -0.3 is 51.5 Å². The molecule has 1 aromatic rings. The number of benzene rings is 1. The summed E-state index contributed by atoms with van der Waals surface area (Å²) in [5.41, 5.74) is 3.37. The van der Waals surface area contributed by atoms with Crippen molar-refractivity contribution in [2.45, 2.75) is 257 Å². The molecule has 17 heteroatoms. The molecule has 3 saturated carbocycles. The number of nitrogens with zero attached hydrogens (tertiary/aromatic N) is 6. The van der Waals surface area contributed by atoms with E-state index in [1.54, 1.807) is 0 Å². The normalized spacial score (nSPS) is 30.0. The number of fused-ring (bicyclic) bond motifs is 2. The monoisotopic (exact) mass is 1260 g/mol. The van der Waals surface area contributed by atoms with Crippen molar-refractivity contribution >= 4 is 23.2 Å². The molecule has 10 atom stereocenters. The van der Waals surface area contributed by atoms with E-state index in [4.69, 9.17) is 16.6 Å². The lowest BCUT2D eigenvalue weighted by molar-refractivity contribution is -0.165. The predicted octanol–water partition coefficient (Wildman–Crippen LogP) is 13.1. The second-order valence-electron chi connectivity index (χ2n) is 29.1. The Morgan fingerprint density at radius 1 is 0.831 bits per heavy atom. The van der Waals surface area contributed by atoms with Crippen molar-refractivity contribution in [1.82, 2.24) is 56.4 Å². The first-order chi connectivity index (χ1) is 42.7. The minimum Gasteiger partial charge on any atom is -0.390 e. The number of amides is 1. The van der Waals surface area contributed by atoms with Crippen LogP contribution in [0.3, 0.4) is 0 Å². The number of aryl methyl sites for hydroxylation is 1. The molecule has 502 valence electrons. The van der Waals surface area contributed by atoms with Gasteiger partial charge in [0.2, 0.25) is 5.91 Å². The smallest absolute Gasteiger partial charge is 0.390 e. The van der Waals surface area contributed by atoms with Gasteiger partial charge >= 0.3 is 6.18 Å². The van der Waals surface area contributed by atoms with Gasteiger partial charge in [-0.25, -0.2) is 0 Å². The van der Waals surface area contributed by atoms with Gasteiger partial charge in [-0.2, -0.15) is 13.2 Å². The Bertz CT molecular complexity index is 2480. The van der Waals surface area contributed by atoms with Crippen LogP contribution in [-0.4, -0.2) is 163 Å². The highest BCUT2D eigenvalue weighted by Crippen LogP contribution is 2.44. The highest BCUT2D eigenvalue weighted by Gasteiger charge is 2.56. The maximum Gasteiger partial charge on any atom is 0.417 e. The molecule has 8 rings (SSSR count). The number of rotatable bonds is 12. The van der Waals surface area contributed by atoms with Gasteiger partial charge in [-0.1, -0.05) is 110 Å². The standard InChI is InChI=1S/C72H120ClF3N12O/c1-11-52(4)66-46-82-65(31-26-51(2)3)54(6)80-47-67-68(70(89)86-39-20-40-86)56(8)88(67)69(59-23-15-16-24-59)55(7)83-71(33-17-18-34-71)50-78-37-36-77-35-32-60(29-27-58-28-30-63(64(73)44-58)72(74,75)76)79-38-42-84(9)48-62(43-57-21-13-12-14-22-57)85(10)49-61-25-19-41-87(61)53(5)45-81-66/h28,30,32,35,38,42,44,48-49,51-57,59,65-69,77-78,80-83H,11-27,29,31,33-34,36-37,39-41,43,45-47,50H2,1-10H3/t52-,53-,54?,55?,56?,65-,66+,67?,68-,69+/m0/s1. The van der Waals surface area contributed by atoms with E-state index < -0.39 is 11.7 Å². The van der Waals surface area contributed by atoms with Crippen molar-refractivity contribution < 1.29 is 18.0 Å². The lowest BCUT2D eigenvalue weighted by atomic mass is 9.73. The van der Waals surface area contributed by atoms with Gasteiger partial charge in [-0.05, 0) is 158 Å². The maximum absolute atomic E-state index is 14.6. The van der Waals surface area contributed by atoms with Crippen molar-refractivity contribution in [1.29, 1.82) is 0 Å². The number of carbonyl (C=O) groups excluding carboxylic acids is 1. The largest absolute Gasteiger partial charge is 0.417 e. The van der Waals surface area contributed by atoms with Crippen LogP contribution in [0.2, 0.25) is 5.02 Å². The summed E-state index contributed by atoms with van der Waals surface area (Å²) in [4.78, 5) is 31.7. The first-order valence-corrected chi connectivity index (χ1v) is 36.0. The number of halogens is 4. The van der Waals surface area contributed by atoms with Crippen LogP contribution in [0.1, 0.15) is 201 Å². The molecule has 6 N–H and O–H groups in total. The van der Waals surface area contributed by atoms with Gasteiger partial charge in [-0.15, -0.1) is 0 Å². The summed E-state index contributed by atoms with van der Waals surface area (Å²) in [6.45, 7) is 26.9. The zero-order valence-electron chi connectivity index (χ0n) is 56.7. The van der Waals surface area contributed by atoms with Gasteiger partial charge in [0.05, 0.1) is 16.5 Å². The number of aliphatic imine (C=N–C) groups is 1. The Labute approximate surface area is 542 Å². The number of nitrogens with one attached hydrogen (secondary N) is 6. The van der Waals surface area contributed by atoms with Gasteiger partial charge in [0.25, 0.3) is 0 Å². The van der Waals surface area contributed by atoms with Crippen LogP contribution < -0.4 is 31.9 Å². The zero-order chi connectivity index (χ0) is 63.7. The molecule has 6 fully saturated rings. The van der Waals surface area contributed by atoms with Crippen LogP contribution in [0.25, 0.3) is 0 Å². The fraction of sp³-hybridized carbons (Fsp3) is 0.778. The Morgan fingerprint density at radius 3 is 2.26 bits per heavy atom. The number of carbonyl (C=O) groups is 1. The highest BCUT2D eigenvalue weighted by molar-refractivity contribution is 6.31. The predicted molar refractivity (Wildman–Crippen MR) is 364 cm³/mol. The third-order valence-corrected chi connectivity index (χ3v) is 22.3. The molecule has 3 aliphatic carbocycles. The van der Waals surface area contributed by atoms with Crippen LogP contribution >= 0.6 is 11.6 Å². The van der Waals surface area contributed by atoms with Crippen LogP contribution in [-0.2, 0) is 17.4 Å². The lowest BCUT2D eigenvalue weighted by Gasteiger charge is -2.60. The fourth-order valence-corrected chi connectivity index (χ4v) is 16.5. The van der Waals surface area contributed by atoms with Gasteiger partial charge in [0.15, 0.2) is 0 Å². The van der Waals surface area contributed by atoms with E-state index in [1.807, 2.05) is 24.7 Å². The molecule has 89 heavy (non-hydrogen) atoms. The third-order valence-electron chi connectivity index (χ3n) is 21.9. The van der Waals surface area contributed by atoms with Gasteiger partial charge in [-0.3, -0.25) is 14.7 Å². The van der Waals surface area contributed by atoms with Crippen LogP contribution in [0.4, 0.5) is 13.2 Å². The molecule has 0 bridgehead atoms.